The van der Waals surface area contributed by atoms with Gasteiger partial charge in [0, 0.05) is 13.6 Å². The molecule has 1 N–H and O–H groups in total. The lowest BCUT2D eigenvalue weighted by Crippen LogP contribution is -2.31. The van der Waals surface area contributed by atoms with Crippen LogP contribution in [-0.4, -0.2) is 38.8 Å². The lowest BCUT2D eigenvalue weighted by Gasteiger charge is -2.18. The number of halogens is 2. The minimum absolute atomic E-state index is 0.0585. The third-order valence-corrected chi connectivity index (χ3v) is 6.40. The summed E-state index contributed by atoms with van der Waals surface area (Å²) in [5.41, 5.74) is 0.598. The predicted molar refractivity (Wildman–Crippen MR) is 122 cm³/mol. The number of nitrogens with one attached hydrogen (secondary N) is 1. The van der Waals surface area contributed by atoms with Gasteiger partial charge in [0.2, 0.25) is 0 Å². The minimum atomic E-state index is -4.13. The Labute approximate surface area is 196 Å². The molecule has 0 fully saturated rings. The van der Waals surface area contributed by atoms with Gasteiger partial charge in [-0.2, -0.15) is 0 Å². The van der Waals surface area contributed by atoms with Crippen LogP contribution < -0.4 is 4.72 Å². The Morgan fingerprint density at radius 1 is 0.971 bits per heavy atom. The SMILES string of the molecule is Cc1cc(F)ccc1S(=O)(=O)Nc1ccccc1C(=O)OCC(=O)N(C)Cc1cccc(F)c1. The summed E-state index contributed by atoms with van der Waals surface area (Å²) in [7, 11) is -2.65. The maximum atomic E-state index is 13.4. The van der Waals surface area contributed by atoms with E-state index in [1.54, 1.807) is 6.07 Å². The van der Waals surface area contributed by atoms with Crippen LogP contribution in [0.3, 0.4) is 0 Å². The molecule has 0 saturated carbocycles. The average molecular weight is 489 g/mol. The van der Waals surface area contributed by atoms with E-state index >= 15 is 0 Å². The number of amides is 1. The van der Waals surface area contributed by atoms with E-state index < -0.39 is 40.1 Å². The van der Waals surface area contributed by atoms with E-state index in [1.165, 1.54) is 61.3 Å². The van der Waals surface area contributed by atoms with Crippen molar-refractivity contribution in [3.8, 4) is 0 Å². The van der Waals surface area contributed by atoms with E-state index in [0.29, 0.717) is 5.56 Å². The van der Waals surface area contributed by atoms with Crippen LogP contribution in [0.1, 0.15) is 21.5 Å². The van der Waals surface area contributed by atoms with Gasteiger partial charge in [-0.1, -0.05) is 24.3 Å². The van der Waals surface area contributed by atoms with Crippen molar-refractivity contribution in [2.24, 2.45) is 0 Å². The Balaban J connectivity index is 1.68. The van der Waals surface area contributed by atoms with E-state index in [1.807, 2.05) is 0 Å². The molecule has 3 aromatic rings. The summed E-state index contributed by atoms with van der Waals surface area (Å²) >= 11 is 0. The number of aryl methyl sites for hydroxylation is 1. The Bertz CT molecular complexity index is 1330. The van der Waals surface area contributed by atoms with Crippen LogP contribution in [0.4, 0.5) is 14.5 Å². The summed E-state index contributed by atoms with van der Waals surface area (Å²) in [6.07, 6.45) is 0. The van der Waals surface area contributed by atoms with Gasteiger partial charge in [0.05, 0.1) is 16.1 Å². The molecule has 178 valence electrons. The lowest BCUT2D eigenvalue weighted by molar-refractivity contribution is -0.133. The summed E-state index contributed by atoms with van der Waals surface area (Å²) in [4.78, 5) is 26.1. The number of nitrogens with zero attached hydrogens (tertiary/aromatic N) is 1. The van der Waals surface area contributed by atoms with Gasteiger partial charge in [0.15, 0.2) is 6.61 Å². The van der Waals surface area contributed by atoms with Crippen molar-refractivity contribution in [3.05, 3.63) is 95.1 Å². The number of carbonyl (C=O) groups is 2. The van der Waals surface area contributed by atoms with Crippen molar-refractivity contribution >= 4 is 27.6 Å². The van der Waals surface area contributed by atoms with Crippen LogP contribution in [0.2, 0.25) is 0 Å². The van der Waals surface area contributed by atoms with Gasteiger partial charge >= 0.3 is 5.97 Å². The molecule has 3 aromatic carbocycles. The zero-order chi connectivity index (χ0) is 24.9. The van der Waals surface area contributed by atoms with Crippen molar-refractivity contribution < 1.29 is 31.5 Å². The molecule has 7 nitrogen and oxygen atoms in total. The summed E-state index contributed by atoms with van der Waals surface area (Å²) in [5, 5.41) is 0. The summed E-state index contributed by atoms with van der Waals surface area (Å²) in [6.45, 7) is 0.966. The molecule has 0 aliphatic carbocycles. The molecule has 0 bridgehead atoms. The summed E-state index contributed by atoms with van der Waals surface area (Å²) in [5.74, 6) is -2.45. The van der Waals surface area contributed by atoms with Crippen LogP contribution in [0.15, 0.2) is 71.6 Å². The number of likely N-dealkylation sites (N-methyl/N-ethyl adjacent to an activating group) is 1. The van der Waals surface area contributed by atoms with Crippen LogP contribution in [-0.2, 0) is 26.1 Å². The fourth-order valence-corrected chi connectivity index (χ4v) is 4.48. The molecule has 0 aliphatic heterocycles. The number of para-hydroxylation sites is 1. The number of hydrogen-bond acceptors (Lipinski definition) is 5. The number of carbonyl (C=O) groups excluding carboxylic acids is 2. The molecule has 3 rings (SSSR count). The van der Waals surface area contributed by atoms with E-state index in [4.69, 9.17) is 4.74 Å². The van der Waals surface area contributed by atoms with Gasteiger partial charge < -0.3 is 9.64 Å². The minimum Gasteiger partial charge on any atom is -0.452 e. The van der Waals surface area contributed by atoms with Crippen LogP contribution in [0.25, 0.3) is 0 Å². The van der Waals surface area contributed by atoms with Crippen LogP contribution in [0, 0.1) is 18.6 Å². The second-order valence-corrected chi connectivity index (χ2v) is 9.17. The highest BCUT2D eigenvalue weighted by Crippen LogP contribution is 2.23. The zero-order valence-corrected chi connectivity index (χ0v) is 19.2. The quantitative estimate of drug-likeness (QED) is 0.486. The number of benzene rings is 3. The fraction of sp³-hybridized carbons (Fsp3) is 0.167. The molecule has 0 spiro atoms. The van der Waals surface area contributed by atoms with Crippen LogP contribution in [0.5, 0.6) is 0 Å². The number of ether oxygens (including phenoxy) is 1. The maximum absolute atomic E-state index is 13.4. The molecule has 0 radical (unpaired) electrons. The molecule has 0 aromatic heterocycles. The first-order chi connectivity index (χ1) is 16.1. The van der Waals surface area contributed by atoms with Crippen molar-refractivity contribution in [3.63, 3.8) is 0 Å². The topological polar surface area (TPSA) is 92.8 Å². The van der Waals surface area contributed by atoms with E-state index in [9.17, 15) is 26.8 Å². The lowest BCUT2D eigenvalue weighted by atomic mass is 10.2. The number of esters is 1. The fourth-order valence-electron chi connectivity index (χ4n) is 3.18. The molecule has 0 heterocycles. The number of anilines is 1. The Morgan fingerprint density at radius 2 is 1.68 bits per heavy atom. The van der Waals surface area contributed by atoms with Gasteiger partial charge in [-0.25, -0.2) is 22.0 Å². The third-order valence-electron chi connectivity index (χ3n) is 4.88. The second-order valence-electron chi connectivity index (χ2n) is 7.52. The highest BCUT2D eigenvalue weighted by molar-refractivity contribution is 7.92. The highest BCUT2D eigenvalue weighted by atomic mass is 32.2. The summed E-state index contributed by atoms with van der Waals surface area (Å²) in [6, 6.07) is 14.7. The average Bonchev–Trinajstić information content (AvgIpc) is 2.77. The van der Waals surface area contributed by atoms with Crippen molar-refractivity contribution in [1.82, 2.24) is 4.90 Å². The molecule has 0 atom stereocenters. The van der Waals surface area contributed by atoms with Gasteiger partial charge in [-0.15, -0.1) is 0 Å². The summed E-state index contributed by atoms with van der Waals surface area (Å²) < 4.78 is 59.7. The Hall–Kier alpha value is -3.79. The Morgan fingerprint density at radius 3 is 2.38 bits per heavy atom. The monoisotopic (exact) mass is 488 g/mol. The molecule has 34 heavy (non-hydrogen) atoms. The van der Waals surface area contributed by atoms with E-state index in [-0.39, 0.29) is 28.3 Å². The van der Waals surface area contributed by atoms with Crippen molar-refractivity contribution in [2.45, 2.75) is 18.4 Å². The van der Waals surface area contributed by atoms with Gasteiger partial charge in [0.25, 0.3) is 15.9 Å². The Kier molecular flexibility index (Phi) is 7.62. The maximum Gasteiger partial charge on any atom is 0.340 e. The van der Waals surface area contributed by atoms with Crippen molar-refractivity contribution in [1.29, 1.82) is 0 Å². The normalized spacial score (nSPS) is 11.1. The molecule has 0 saturated heterocycles. The highest BCUT2D eigenvalue weighted by Gasteiger charge is 2.22. The molecule has 1 amide bonds. The number of hydrogen-bond donors (Lipinski definition) is 1. The first-order valence-corrected chi connectivity index (χ1v) is 11.6. The van der Waals surface area contributed by atoms with Gasteiger partial charge in [-0.05, 0) is 60.5 Å². The molecule has 10 heteroatoms. The van der Waals surface area contributed by atoms with Crippen molar-refractivity contribution in [2.75, 3.05) is 18.4 Å². The number of sulfonamides is 1. The van der Waals surface area contributed by atoms with E-state index in [2.05, 4.69) is 4.72 Å². The third kappa shape index (κ3) is 6.16. The first-order valence-electron chi connectivity index (χ1n) is 10.1. The van der Waals surface area contributed by atoms with E-state index in [0.717, 1.165) is 18.2 Å². The van der Waals surface area contributed by atoms with Crippen LogP contribution >= 0.6 is 0 Å². The van der Waals surface area contributed by atoms with Gasteiger partial charge in [-0.3, -0.25) is 9.52 Å². The largest absolute Gasteiger partial charge is 0.452 e. The first kappa shape index (κ1) is 24.8. The molecular weight excluding hydrogens is 466 g/mol. The number of rotatable bonds is 8. The molecule has 0 unspecified atom stereocenters. The molecular formula is C24H22F2N2O5S. The standard InChI is InChI=1S/C24H22F2N2O5S/c1-16-12-19(26)10-11-22(16)34(31,32)27-21-9-4-3-8-20(21)24(30)33-15-23(29)28(2)14-17-6-5-7-18(25)13-17/h3-13,27H,14-15H2,1-2H3. The molecule has 0 aliphatic rings. The zero-order valence-electron chi connectivity index (χ0n) is 18.4. The van der Waals surface area contributed by atoms with Gasteiger partial charge in [0.1, 0.15) is 11.6 Å². The smallest absolute Gasteiger partial charge is 0.340 e. The second kappa shape index (κ2) is 10.4. The predicted octanol–water partition coefficient (Wildman–Crippen LogP) is 3.89.